The molecule has 0 spiro atoms. The fraction of sp³-hybridized carbons (Fsp3) is 0.350. The van der Waals surface area contributed by atoms with E-state index in [0.29, 0.717) is 22.5 Å². The molecule has 0 bridgehead atoms. The number of hydrogen-bond acceptors (Lipinski definition) is 4. The second-order valence-electron chi connectivity index (χ2n) is 7.18. The minimum atomic E-state index is -3.79. The van der Waals surface area contributed by atoms with Crippen LogP contribution >= 0.6 is 0 Å². The molecule has 0 amide bonds. The molecular weight excluding hydrogens is 378 g/mol. The Morgan fingerprint density at radius 3 is 2.29 bits per heavy atom. The number of fused-ring (bicyclic) bond motifs is 2. The van der Waals surface area contributed by atoms with Gasteiger partial charge < -0.3 is 4.74 Å². The maximum absolute atomic E-state index is 13.0. The van der Waals surface area contributed by atoms with E-state index < -0.39 is 10.0 Å². The second kappa shape index (κ2) is 6.70. The van der Waals surface area contributed by atoms with Gasteiger partial charge in [0.25, 0.3) is 10.0 Å². The number of sulfonamides is 1. The fourth-order valence-electron chi connectivity index (χ4n) is 3.86. The Bertz CT molecular complexity index is 1240. The van der Waals surface area contributed by atoms with Crippen molar-refractivity contribution >= 4 is 26.7 Å². The third kappa shape index (κ3) is 2.97. The molecule has 8 heteroatoms. The van der Waals surface area contributed by atoms with Crippen LogP contribution in [0, 0.1) is 0 Å². The van der Waals surface area contributed by atoms with Crippen molar-refractivity contribution < 1.29 is 13.2 Å². The van der Waals surface area contributed by atoms with E-state index in [-0.39, 0.29) is 10.6 Å². The lowest BCUT2D eigenvalue weighted by molar-refractivity contribution is 0.417. The average Bonchev–Trinajstić information content (AvgIpc) is 2.90. The maximum atomic E-state index is 13.0. The summed E-state index contributed by atoms with van der Waals surface area (Å²) in [6.07, 6.45) is 4.12. The first kappa shape index (κ1) is 18.6. The quantitative estimate of drug-likeness (QED) is 0.728. The van der Waals surface area contributed by atoms with Gasteiger partial charge in [-0.05, 0) is 55.0 Å². The van der Waals surface area contributed by atoms with Crippen molar-refractivity contribution in [1.29, 1.82) is 0 Å². The molecule has 0 fully saturated rings. The van der Waals surface area contributed by atoms with Gasteiger partial charge >= 0.3 is 5.69 Å². The summed E-state index contributed by atoms with van der Waals surface area (Å²) < 4.78 is 37.0. The highest BCUT2D eigenvalue weighted by atomic mass is 32.2. The number of nitrogens with one attached hydrogen (secondary N) is 1. The number of ether oxygens (including phenoxy) is 1. The molecule has 1 aliphatic carbocycles. The first-order chi connectivity index (χ1) is 13.3. The summed E-state index contributed by atoms with van der Waals surface area (Å²) in [5, 5.41) is 0. The van der Waals surface area contributed by atoms with Gasteiger partial charge in [-0.25, -0.2) is 13.2 Å². The van der Waals surface area contributed by atoms with Crippen molar-refractivity contribution in [1.82, 2.24) is 9.13 Å². The van der Waals surface area contributed by atoms with Crippen molar-refractivity contribution in [2.45, 2.75) is 30.6 Å². The van der Waals surface area contributed by atoms with E-state index in [1.54, 1.807) is 38.4 Å². The molecule has 1 heterocycles. The zero-order chi connectivity index (χ0) is 20.1. The normalized spacial score (nSPS) is 14.1. The summed E-state index contributed by atoms with van der Waals surface area (Å²) in [4.78, 5) is 12.4. The van der Waals surface area contributed by atoms with Gasteiger partial charge in [-0.15, -0.1) is 0 Å². The summed E-state index contributed by atoms with van der Waals surface area (Å²) in [5.41, 5.74) is 3.73. The number of nitrogens with zero attached hydrogens (tertiary/aromatic N) is 2. The molecule has 0 atom stereocenters. The van der Waals surface area contributed by atoms with Crippen molar-refractivity contribution in [3.63, 3.8) is 0 Å². The molecule has 0 radical (unpaired) electrons. The van der Waals surface area contributed by atoms with Crippen LogP contribution in [0.4, 0.5) is 5.69 Å². The molecule has 28 heavy (non-hydrogen) atoms. The predicted octanol–water partition coefficient (Wildman–Crippen LogP) is 2.57. The smallest absolute Gasteiger partial charge is 0.328 e. The lowest BCUT2D eigenvalue weighted by atomic mass is 9.92. The van der Waals surface area contributed by atoms with Crippen LogP contribution in [0.15, 0.2) is 40.0 Å². The third-order valence-electron chi connectivity index (χ3n) is 5.47. The van der Waals surface area contributed by atoms with Crippen LogP contribution in [0.5, 0.6) is 5.75 Å². The Balaban J connectivity index is 1.78. The number of benzene rings is 2. The lowest BCUT2D eigenvalue weighted by Crippen LogP contribution is -2.19. The molecule has 2 aromatic carbocycles. The van der Waals surface area contributed by atoms with Crippen LogP contribution in [-0.4, -0.2) is 24.7 Å². The van der Waals surface area contributed by atoms with Gasteiger partial charge in [0.2, 0.25) is 0 Å². The van der Waals surface area contributed by atoms with E-state index in [4.69, 9.17) is 4.74 Å². The summed E-state index contributed by atoms with van der Waals surface area (Å²) in [5.74, 6) is 0.357. The average molecular weight is 401 g/mol. The molecule has 0 saturated carbocycles. The van der Waals surface area contributed by atoms with Crippen LogP contribution < -0.4 is 15.1 Å². The largest absolute Gasteiger partial charge is 0.494 e. The monoisotopic (exact) mass is 401 g/mol. The molecular formula is C20H23N3O4S. The standard InChI is InChI=1S/C20H23N3O4S/c1-22-17-11-16(19(27-3)12-18(17)23(2)20(22)24)21-28(25,26)15-9-8-13-6-4-5-7-14(13)10-15/h8-12,21H,4-7H2,1-3H3. The summed E-state index contributed by atoms with van der Waals surface area (Å²) in [6.45, 7) is 0. The minimum Gasteiger partial charge on any atom is -0.494 e. The van der Waals surface area contributed by atoms with E-state index in [1.807, 2.05) is 6.07 Å². The number of anilines is 1. The van der Waals surface area contributed by atoms with Gasteiger partial charge in [-0.2, -0.15) is 0 Å². The van der Waals surface area contributed by atoms with Gasteiger partial charge in [0.05, 0.1) is 28.7 Å². The number of aryl methyl sites for hydroxylation is 4. The number of methoxy groups -OCH3 is 1. The molecule has 1 aliphatic rings. The lowest BCUT2D eigenvalue weighted by Gasteiger charge is -2.17. The molecule has 1 N–H and O–H groups in total. The van der Waals surface area contributed by atoms with Crippen molar-refractivity contribution in [2.24, 2.45) is 14.1 Å². The topological polar surface area (TPSA) is 82.3 Å². The maximum Gasteiger partial charge on any atom is 0.328 e. The molecule has 148 valence electrons. The third-order valence-corrected chi connectivity index (χ3v) is 6.83. The van der Waals surface area contributed by atoms with Gasteiger partial charge in [0.1, 0.15) is 5.75 Å². The first-order valence-corrected chi connectivity index (χ1v) is 10.7. The summed E-state index contributed by atoms with van der Waals surface area (Å²) in [7, 11) is 1.00. The van der Waals surface area contributed by atoms with Crippen molar-refractivity contribution in [2.75, 3.05) is 11.8 Å². The SMILES string of the molecule is COc1cc2c(cc1NS(=O)(=O)c1ccc3c(c1)CCCC3)n(C)c(=O)n2C. The predicted molar refractivity (Wildman–Crippen MR) is 109 cm³/mol. The molecule has 7 nitrogen and oxygen atoms in total. The van der Waals surface area contributed by atoms with Crippen LogP contribution in [0.1, 0.15) is 24.0 Å². The Morgan fingerprint density at radius 2 is 1.61 bits per heavy atom. The van der Waals surface area contributed by atoms with Crippen molar-refractivity contribution in [3.8, 4) is 5.75 Å². The van der Waals surface area contributed by atoms with E-state index in [1.165, 1.54) is 21.8 Å². The fourth-order valence-corrected chi connectivity index (χ4v) is 4.97. The minimum absolute atomic E-state index is 0.188. The van der Waals surface area contributed by atoms with Gasteiger partial charge in [-0.3, -0.25) is 13.9 Å². The molecule has 0 unspecified atom stereocenters. The number of rotatable bonds is 4. The number of imidazole rings is 1. The number of hydrogen-bond donors (Lipinski definition) is 1. The van der Waals surface area contributed by atoms with Crippen molar-refractivity contribution in [3.05, 3.63) is 51.9 Å². The number of aromatic nitrogens is 2. The Hall–Kier alpha value is -2.74. The summed E-state index contributed by atoms with van der Waals surface area (Å²) >= 11 is 0. The zero-order valence-electron chi connectivity index (χ0n) is 16.2. The first-order valence-electron chi connectivity index (χ1n) is 9.20. The van der Waals surface area contributed by atoms with Gasteiger partial charge in [0.15, 0.2) is 0 Å². The van der Waals surface area contributed by atoms with E-state index in [2.05, 4.69) is 4.72 Å². The molecule has 0 saturated heterocycles. The Kier molecular flexibility index (Phi) is 4.45. The van der Waals surface area contributed by atoms with Crippen LogP contribution in [0.25, 0.3) is 11.0 Å². The summed E-state index contributed by atoms with van der Waals surface area (Å²) in [6, 6.07) is 8.62. The Labute approximate surface area is 163 Å². The van der Waals surface area contributed by atoms with Crippen LogP contribution in [0.3, 0.4) is 0 Å². The highest BCUT2D eigenvalue weighted by Gasteiger charge is 2.21. The van der Waals surface area contributed by atoms with Crippen LogP contribution in [0.2, 0.25) is 0 Å². The molecule has 3 aromatic rings. The van der Waals surface area contributed by atoms with Gasteiger partial charge in [-0.1, -0.05) is 6.07 Å². The second-order valence-corrected chi connectivity index (χ2v) is 8.87. The highest BCUT2D eigenvalue weighted by molar-refractivity contribution is 7.92. The van der Waals surface area contributed by atoms with E-state index in [9.17, 15) is 13.2 Å². The van der Waals surface area contributed by atoms with E-state index >= 15 is 0 Å². The van der Waals surface area contributed by atoms with Gasteiger partial charge in [0, 0.05) is 20.2 Å². The Morgan fingerprint density at radius 1 is 0.964 bits per heavy atom. The van der Waals surface area contributed by atoms with Crippen LogP contribution in [-0.2, 0) is 37.0 Å². The van der Waals surface area contributed by atoms with E-state index in [0.717, 1.165) is 31.2 Å². The molecule has 0 aliphatic heterocycles. The highest BCUT2D eigenvalue weighted by Crippen LogP contribution is 2.32. The molecule has 4 rings (SSSR count). The zero-order valence-corrected chi connectivity index (χ0v) is 17.0. The molecule has 1 aromatic heterocycles.